The maximum absolute atomic E-state index is 12.9. The lowest BCUT2D eigenvalue weighted by atomic mass is 9.83. The number of hydrogen-bond acceptors (Lipinski definition) is 3. The van der Waals surface area contributed by atoms with E-state index in [-0.39, 0.29) is 5.78 Å². The molecule has 0 spiro atoms. The van der Waals surface area contributed by atoms with Gasteiger partial charge in [-0.3, -0.25) is 4.79 Å². The second-order valence-corrected chi connectivity index (χ2v) is 9.84. The second-order valence-electron chi connectivity index (χ2n) is 9.40. The van der Waals surface area contributed by atoms with Gasteiger partial charge >= 0.3 is 0 Å². The topological polar surface area (TPSA) is 29.5 Å². The summed E-state index contributed by atoms with van der Waals surface area (Å²) in [5.41, 5.74) is 4.86. The SMILES string of the molecule is CC(=O)C(OC(C)(C)C)c1c(C)c(CN(C)C)c2ccccc2c1-c1ccc(Cl)cc1. The highest BCUT2D eigenvalue weighted by atomic mass is 35.5. The molecule has 1 atom stereocenters. The number of halogens is 1. The van der Waals surface area contributed by atoms with Crippen molar-refractivity contribution in [2.24, 2.45) is 0 Å². The van der Waals surface area contributed by atoms with Crippen molar-refractivity contribution in [3.05, 3.63) is 70.2 Å². The summed E-state index contributed by atoms with van der Waals surface area (Å²) in [6.07, 6.45) is -0.656. The molecular formula is C27H32ClNO2. The molecule has 0 amide bonds. The van der Waals surface area contributed by atoms with Crippen LogP contribution in [0.4, 0.5) is 0 Å². The number of carbonyl (C=O) groups excluding carboxylic acids is 1. The van der Waals surface area contributed by atoms with E-state index in [4.69, 9.17) is 16.3 Å². The minimum Gasteiger partial charge on any atom is -0.360 e. The van der Waals surface area contributed by atoms with Gasteiger partial charge in [-0.05, 0) is 99.4 Å². The molecule has 31 heavy (non-hydrogen) atoms. The van der Waals surface area contributed by atoms with Crippen LogP contribution >= 0.6 is 11.6 Å². The maximum Gasteiger partial charge on any atom is 0.163 e. The first-order valence-electron chi connectivity index (χ1n) is 10.6. The van der Waals surface area contributed by atoms with Gasteiger partial charge in [0.05, 0.1) is 5.60 Å². The average Bonchev–Trinajstić information content (AvgIpc) is 2.68. The molecule has 4 heteroatoms. The molecule has 164 valence electrons. The van der Waals surface area contributed by atoms with Crippen LogP contribution in [0.3, 0.4) is 0 Å². The van der Waals surface area contributed by atoms with Gasteiger partial charge in [-0.15, -0.1) is 0 Å². The molecule has 0 aromatic heterocycles. The van der Waals surface area contributed by atoms with E-state index in [2.05, 4.69) is 44.1 Å². The van der Waals surface area contributed by atoms with E-state index in [1.807, 2.05) is 51.1 Å². The zero-order valence-electron chi connectivity index (χ0n) is 19.5. The van der Waals surface area contributed by atoms with Crippen LogP contribution in [-0.4, -0.2) is 30.4 Å². The van der Waals surface area contributed by atoms with Crippen molar-refractivity contribution in [3.8, 4) is 11.1 Å². The summed E-state index contributed by atoms with van der Waals surface area (Å²) in [7, 11) is 4.13. The molecule has 0 saturated heterocycles. The number of nitrogens with zero attached hydrogens (tertiary/aromatic N) is 1. The highest BCUT2D eigenvalue weighted by Gasteiger charge is 2.31. The van der Waals surface area contributed by atoms with Crippen LogP contribution in [-0.2, 0) is 16.1 Å². The van der Waals surface area contributed by atoms with Gasteiger partial charge < -0.3 is 9.64 Å². The molecule has 3 aromatic rings. The van der Waals surface area contributed by atoms with E-state index in [0.717, 1.165) is 34.2 Å². The molecule has 0 bridgehead atoms. The summed E-state index contributed by atoms with van der Waals surface area (Å²) in [6, 6.07) is 16.2. The molecule has 3 nitrogen and oxygen atoms in total. The fourth-order valence-electron chi connectivity index (χ4n) is 4.14. The summed E-state index contributed by atoms with van der Waals surface area (Å²) in [6.45, 7) is 10.5. The highest BCUT2D eigenvalue weighted by molar-refractivity contribution is 6.30. The quantitative estimate of drug-likeness (QED) is 0.416. The van der Waals surface area contributed by atoms with Crippen LogP contribution < -0.4 is 0 Å². The van der Waals surface area contributed by atoms with Gasteiger partial charge in [0, 0.05) is 11.6 Å². The molecule has 0 aliphatic rings. The van der Waals surface area contributed by atoms with Crippen molar-refractivity contribution >= 4 is 28.2 Å². The summed E-state index contributed by atoms with van der Waals surface area (Å²) < 4.78 is 6.37. The Balaban J connectivity index is 2.47. The fraction of sp³-hybridized carbons (Fsp3) is 0.370. The van der Waals surface area contributed by atoms with Crippen molar-refractivity contribution in [1.82, 2.24) is 4.90 Å². The number of Topliss-reactive ketones (excluding diaryl/α,β-unsaturated/α-hetero) is 1. The largest absolute Gasteiger partial charge is 0.360 e. The third-order valence-electron chi connectivity index (χ3n) is 5.36. The van der Waals surface area contributed by atoms with Crippen LogP contribution in [0, 0.1) is 6.92 Å². The number of hydrogen-bond donors (Lipinski definition) is 0. The Labute approximate surface area is 191 Å². The van der Waals surface area contributed by atoms with E-state index in [1.165, 1.54) is 10.9 Å². The molecule has 1 unspecified atom stereocenters. The molecule has 3 aromatic carbocycles. The summed E-state index contributed by atoms with van der Waals surface area (Å²) in [5, 5.41) is 3.00. The standard InChI is InChI=1S/C27H32ClNO2/c1-17-23(16-29(6)7)21-10-8-9-11-22(21)25(19-12-14-20(28)15-13-19)24(17)26(18(2)30)31-27(3,4)5/h8-15,26H,16H2,1-7H3. The highest BCUT2D eigenvalue weighted by Crippen LogP contribution is 2.43. The zero-order chi connectivity index (χ0) is 22.9. The first-order chi connectivity index (χ1) is 14.5. The Morgan fingerprint density at radius 2 is 1.61 bits per heavy atom. The number of ketones is 1. The molecule has 3 rings (SSSR count). The molecule has 0 fully saturated rings. The van der Waals surface area contributed by atoms with Crippen LogP contribution in [0.5, 0.6) is 0 Å². The zero-order valence-corrected chi connectivity index (χ0v) is 20.3. The lowest BCUT2D eigenvalue weighted by molar-refractivity contribution is -0.138. The number of rotatable bonds is 6. The average molecular weight is 438 g/mol. The third-order valence-corrected chi connectivity index (χ3v) is 5.61. The Morgan fingerprint density at radius 3 is 2.13 bits per heavy atom. The molecule has 0 saturated carbocycles. The van der Waals surface area contributed by atoms with Gasteiger partial charge in [-0.25, -0.2) is 0 Å². The Hall–Kier alpha value is -2.20. The van der Waals surface area contributed by atoms with Crippen LogP contribution in [0.2, 0.25) is 5.02 Å². The minimum absolute atomic E-state index is 0.000627. The van der Waals surface area contributed by atoms with Gasteiger partial charge in [0.25, 0.3) is 0 Å². The molecule has 0 heterocycles. The predicted octanol–water partition coefficient (Wildman–Crippen LogP) is 6.98. The van der Waals surface area contributed by atoms with Gasteiger partial charge in [0.1, 0.15) is 6.10 Å². The van der Waals surface area contributed by atoms with E-state index in [0.29, 0.717) is 5.02 Å². The van der Waals surface area contributed by atoms with Gasteiger partial charge in [-0.2, -0.15) is 0 Å². The summed E-state index contributed by atoms with van der Waals surface area (Å²) in [5.74, 6) is -0.000627. The van der Waals surface area contributed by atoms with Crippen molar-refractivity contribution in [1.29, 1.82) is 0 Å². The lowest BCUT2D eigenvalue weighted by Crippen LogP contribution is -2.28. The van der Waals surface area contributed by atoms with Crippen molar-refractivity contribution < 1.29 is 9.53 Å². The van der Waals surface area contributed by atoms with Crippen molar-refractivity contribution in [2.75, 3.05) is 14.1 Å². The van der Waals surface area contributed by atoms with Gasteiger partial charge in [0.15, 0.2) is 5.78 Å². The molecule has 0 N–H and O–H groups in total. The number of carbonyl (C=O) groups is 1. The number of ether oxygens (including phenoxy) is 1. The first-order valence-corrected chi connectivity index (χ1v) is 11.0. The minimum atomic E-state index is -0.656. The predicted molar refractivity (Wildman–Crippen MR) is 131 cm³/mol. The molecule has 0 radical (unpaired) electrons. The van der Waals surface area contributed by atoms with Gasteiger partial charge in [-0.1, -0.05) is 48.0 Å². The fourth-order valence-corrected chi connectivity index (χ4v) is 4.26. The van der Waals surface area contributed by atoms with Crippen molar-refractivity contribution in [3.63, 3.8) is 0 Å². The smallest absolute Gasteiger partial charge is 0.163 e. The second kappa shape index (κ2) is 9.12. The normalized spacial score (nSPS) is 13.1. The number of benzene rings is 3. The molecule has 0 aliphatic heterocycles. The van der Waals surface area contributed by atoms with Crippen LogP contribution in [0.1, 0.15) is 50.5 Å². The first kappa shape index (κ1) is 23.5. The Bertz CT molecular complexity index is 1090. The van der Waals surface area contributed by atoms with E-state index in [1.54, 1.807) is 6.92 Å². The maximum atomic E-state index is 12.9. The van der Waals surface area contributed by atoms with E-state index >= 15 is 0 Å². The van der Waals surface area contributed by atoms with Gasteiger partial charge in [0.2, 0.25) is 0 Å². The molecule has 0 aliphatic carbocycles. The summed E-state index contributed by atoms with van der Waals surface area (Å²) in [4.78, 5) is 15.1. The van der Waals surface area contributed by atoms with Crippen LogP contribution in [0.15, 0.2) is 48.5 Å². The monoisotopic (exact) mass is 437 g/mol. The van der Waals surface area contributed by atoms with Crippen LogP contribution in [0.25, 0.3) is 21.9 Å². The Morgan fingerprint density at radius 1 is 1.03 bits per heavy atom. The lowest BCUT2D eigenvalue weighted by Gasteiger charge is -2.31. The number of fused-ring (bicyclic) bond motifs is 1. The third kappa shape index (κ3) is 5.17. The summed E-state index contributed by atoms with van der Waals surface area (Å²) >= 11 is 6.19. The van der Waals surface area contributed by atoms with Crippen molar-refractivity contribution in [2.45, 2.75) is 52.9 Å². The van der Waals surface area contributed by atoms with E-state index < -0.39 is 11.7 Å². The van der Waals surface area contributed by atoms with E-state index in [9.17, 15) is 4.79 Å². The molecular weight excluding hydrogens is 406 g/mol. The Kier molecular flexibility index (Phi) is 6.90.